The number of fused-ring (bicyclic) bond motifs is 1. The molecule has 2 aromatic rings. The highest BCUT2D eigenvalue weighted by atomic mass is 35.5. The van der Waals surface area contributed by atoms with Crippen LogP contribution in [0.2, 0.25) is 5.02 Å². The van der Waals surface area contributed by atoms with Crippen LogP contribution in [-0.4, -0.2) is 36.8 Å². The first-order chi connectivity index (χ1) is 13.0. The highest BCUT2D eigenvalue weighted by molar-refractivity contribution is 6.30. The number of benzene rings is 2. The number of hydrogen-bond donors (Lipinski definition) is 2. The molecule has 0 radical (unpaired) electrons. The van der Waals surface area contributed by atoms with Crippen molar-refractivity contribution in [2.24, 2.45) is 5.10 Å². The summed E-state index contributed by atoms with van der Waals surface area (Å²) in [5.41, 5.74) is 3.85. The molecule has 1 heterocycles. The number of nitrogens with one attached hydrogen (secondary N) is 2. The van der Waals surface area contributed by atoms with E-state index in [0.717, 1.165) is 5.56 Å². The Bertz CT molecular complexity index is 868. The van der Waals surface area contributed by atoms with Crippen molar-refractivity contribution < 1.29 is 19.1 Å². The standard InChI is InChI=1S/C19H18ClN3O4/c1-12(13-6-8-14(20)9-7-13)22-23-18(24)10-21-19(25)17-11-26-15-4-2-3-5-16(15)27-17/h2-9,17H,10-11H2,1H3,(H,21,25)(H,23,24)/b22-12-/t17-/m0/s1. The Hall–Kier alpha value is -3.06. The van der Waals surface area contributed by atoms with Crippen LogP contribution in [0.5, 0.6) is 11.5 Å². The zero-order valence-corrected chi connectivity index (χ0v) is 15.3. The second kappa shape index (κ2) is 8.55. The summed E-state index contributed by atoms with van der Waals surface area (Å²) < 4.78 is 11.1. The van der Waals surface area contributed by atoms with E-state index in [4.69, 9.17) is 21.1 Å². The number of rotatable bonds is 5. The van der Waals surface area contributed by atoms with Gasteiger partial charge in [0.1, 0.15) is 6.61 Å². The number of nitrogens with zero attached hydrogens (tertiary/aromatic N) is 1. The van der Waals surface area contributed by atoms with Gasteiger partial charge >= 0.3 is 0 Å². The van der Waals surface area contributed by atoms with Crippen molar-refractivity contribution in [2.75, 3.05) is 13.2 Å². The van der Waals surface area contributed by atoms with Gasteiger partial charge in [-0.2, -0.15) is 5.10 Å². The van der Waals surface area contributed by atoms with Gasteiger partial charge in [0, 0.05) is 5.02 Å². The summed E-state index contributed by atoms with van der Waals surface area (Å²) in [6.07, 6.45) is -0.813. The first-order valence-corrected chi connectivity index (χ1v) is 8.66. The molecule has 0 saturated heterocycles. The summed E-state index contributed by atoms with van der Waals surface area (Å²) in [5, 5.41) is 7.14. The van der Waals surface area contributed by atoms with E-state index in [2.05, 4.69) is 15.8 Å². The molecule has 2 aromatic carbocycles. The Morgan fingerprint density at radius 1 is 1.15 bits per heavy atom. The van der Waals surface area contributed by atoms with Crippen LogP contribution in [-0.2, 0) is 9.59 Å². The van der Waals surface area contributed by atoms with Crippen LogP contribution in [0.4, 0.5) is 0 Å². The number of amides is 2. The van der Waals surface area contributed by atoms with Gasteiger partial charge in [-0.05, 0) is 36.8 Å². The summed E-state index contributed by atoms with van der Waals surface area (Å²) in [6.45, 7) is 1.61. The SMILES string of the molecule is C/C(=N/NC(=O)CNC(=O)[C@@H]1COc2ccccc2O1)c1ccc(Cl)cc1. The van der Waals surface area contributed by atoms with E-state index in [1.165, 1.54) is 0 Å². The molecule has 1 aliphatic heterocycles. The maximum absolute atomic E-state index is 12.2. The Kier molecular flexibility index (Phi) is 5.93. The van der Waals surface area contributed by atoms with Crippen LogP contribution < -0.4 is 20.2 Å². The molecular formula is C19H18ClN3O4. The minimum atomic E-state index is -0.813. The maximum atomic E-state index is 12.2. The fraction of sp³-hybridized carbons (Fsp3) is 0.211. The van der Waals surface area contributed by atoms with E-state index in [9.17, 15) is 9.59 Å². The summed E-state index contributed by atoms with van der Waals surface area (Å²) in [4.78, 5) is 24.1. The van der Waals surface area contributed by atoms with Crippen LogP contribution in [0.1, 0.15) is 12.5 Å². The van der Waals surface area contributed by atoms with Crippen molar-refractivity contribution in [2.45, 2.75) is 13.0 Å². The van der Waals surface area contributed by atoms with Gasteiger partial charge in [0.05, 0.1) is 12.3 Å². The predicted octanol–water partition coefficient (Wildman–Crippen LogP) is 2.14. The first-order valence-electron chi connectivity index (χ1n) is 8.28. The number of halogens is 1. The molecule has 0 aromatic heterocycles. The Labute approximate surface area is 161 Å². The minimum absolute atomic E-state index is 0.0816. The zero-order chi connectivity index (χ0) is 19.2. The van der Waals surface area contributed by atoms with E-state index in [1.54, 1.807) is 49.4 Å². The molecular weight excluding hydrogens is 370 g/mol. The highest BCUT2D eigenvalue weighted by Gasteiger charge is 2.27. The molecule has 0 spiro atoms. The van der Waals surface area contributed by atoms with Crippen molar-refractivity contribution in [1.29, 1.82) is 0 Å². The van der Waals surface area contributed by atoms with E-state index >= 15 is 0 Å². The summed E-state index contributed by atoms with van der Waals surface area (Å²) >= 11 is 5.84. The van der Waals surface area contributed by atoms with Crippen LogP contribution in [0.3, 0.4) is 0 Å². The summed E-state index contributed by atoms with van der Waals surface area (Å²) in [6, 6.07) is 14.2. The smallest absolute Gasteiger partial charge is 0.265 e. The molecule has 0 unspecified atom stereocenters. The van der Waals surface area contributed by atoms with Crippen LogP contribution >= 0.6 is 11.6 Å². The Balaban J connectivity index is 1.47. The largest absolute Gasteiger partial charge is 0.485 e. The van der Waals surface area contributed by atoms with Crippen molar-refractivity contribution in [3.63, 3.8) is 0 Å². The first kappa shape index (κ1) is 18.7. The molecule has 0 saturated carbocycles. The number of para-hydroxylation sites is 2. The zero-order valence-electron chi connectivity index (χ0n) is 14.6. The van der Waals surface area contributed by atoms with Gasteiger partial charge in [0.15, 0.2) is 11.5 Å². The molecule has 2 amide bonds. The third kappa shape index (κ3) is 4.98. The number of ether oxygens (including phenoxy) is 2. The van der Waals surface area contributed by atoms with E-state index in [-0.39, 0.29) is 13.2 Å². The van der Waals surface area contributed by atoms with Crippen LogP contribution in [0.25, 0.3) is 0 Å². The van der Waals surface area contributed by atoms with Gasteiger partial charge in [-0.1, -0.05) is 35.9 Å². The lowest BCUT2D eigenvalue weighted by atomic mass is 10.1. The summed E-state index contributed by atoms with van der Waals surface area (Å²) in [7, 11) is 0. The average Bonchev–Trinajstić information content (AvgIpc) is 2.70. The molecule has 1 aliphatic rings. The monoisotopic (exact) mass is 387 g/mol. The molecule has 2 N–H and O–H groups in total. The van der Waals surface area contributed by atoms with E-state index in [1.807, 2.05) is 6.07 Å². The number of carbonyl (C=O) groups excluding carboxylic acids is 2. The van der Waals surface area contributed by atoms with Crippen molar-refractivity contribution in [3.8, 4) is 11.5 Å². The molecule has 0 aliphatic carbocycles. The average molecular weight is 388 g/mol. The maximum Gasteiger partial charge on any atom is 0.265 e. The number of carbonyl (C=O) groups is 2. The van der Waals surface area contributed by atoms with Gasteiger partial charge in [-0.3, -0.25) is 9.59 Å². The fourth-order valence-electron chi connectivity index (χ4n) is 2.37. The molecule has 0 bridgehead atoms. The van der Waals surface area contributed by atoms with Crippen LogP contribution in [0, 0.1) is 0 Å². The van der Waals surface area contributed by atoms with E-state index in [0.29, 0.717) is 22.2 Å². The molecule has 0 fully saturated rings. The normalized spacial score (nSPS) is 15.8. The fourth-order valence-corrected chi connectivity index (χ4v) is 2.50. The lowest BCUT2D eigenvalue weighted by molar-refractivity contribution is -0.132. The minimum Gasteiger partial charge on any atom is -0.485 e. The highest BCUT2D eigenvalue weighted by Crippen LogP contribution is 2.30. The quantitative estimate of drug-likeness (QED) is 0.607. The van der Waals surface area contributed by atoms with Crippen molar-refractivity contribution >= 4 is 29.1 Å². The second-order valence-corrected chi connectivity index (χ2v) is 6.26. The van der Waals surface area contributed by atoms with E-state index < -0.39 is 17.9 Å². The van der Waals surface area contributed by atoms with Crippen molar-refractivity contribution in [3.05, 3.63) is 59.1 Å². The third-order valence-corrected chi connectivity index (χ3v) is 4.09. The molecule has 3 rings (SSSR count). The van der Waals surface area contributed by atoms with Gasteiger partial charge in [0.25, 0.3) is 11.8 Å². The Morgan fingerprint density at radius 2 is 1.85 bits per heavy atom. The lowest BCUT2D eigenvalue weighted by Crippen LogP contribution is -2.46. The predicted molar refractivity (Wildman–Crippen MR) is 101 cm³/mol. The van der Waals surface area contributed by atoms with Gasteiger partial charge in [-0.15, -0.1) is 0 Å². The van der Waals surface area contributed by atoms with Gasteiger partial charge in [-0.25, -0.2) is 5.43 Å². The van der Waals surface area contributed by atoms with Crippen LogP contribution in [0.15, 0.2) is 53.6 Å². The number of hydrogen-bond acceptors (Lipinski definition) is 5. The van der Waals surface area contributed by atoms with Crippen molar-refractivity contribution in [1.82, 2.24) is 10.7 Å². The molecule has 1 atom stereocenters. The molecule has 27 heavy (non-hydrogen) atoms. The third-order valence-electron chi connectivity index (χ3n) is 3.83. The topological polar surface area (TPSA) is 89.0 Å². The lowest BCUT2D eigenvalue weighted by Gasteiger charge is -2.25. The number of hydrazone groups is 1. The summed E-state index contributed by atoms with van der Waals surface area (Å²) in [5.74, 6) is 0.203. The molecule has 7 nitrogen and oxygen atoms in total. The second-order valence-electron chi connectivity index (χ2n) is 5.82. The molecule has 140 valence electrons. The van der Waals surface area contributed by atoms with Gasteiger partial charge in [0.2, 0.25) is 6.10 Å². The Morgan fingerprint density at radius 3 is 2.59 bits per heavy atom. The van der Waals surface area contributed by atoms with Gasteiger partial charge < -0.3 is 14.8 Å². The molecule has 8 heteroatoms.